The zero-order valence-corrected chi connectivity index (χ0v) is 12.1. The zero-order chi connectivity index (χ0) is 14.1. The van der Waals surface area contributed by atoms with Crippen LogP contribution in [0.25, 0.3) is 0 Å². The first kappa shape index (κ1) is 13.5. The minimum atomic E-state index is 0.00965. The first-order valence-electron chi connectivity index (χ1n) is 6.63. The Bertz CT molecular complexity index is 491. The van der Waals surface area contributed by atoms with Crippen LogP contribution in [0.2, 0.25) is 0 Å². The monoisotopic (exact) mass is 295 g/mol. The van der Waals surface area contributed by atoms with E-state index in [2.05, 4.69) is 4.98 Å². The van der Waals surface area contributed by atoms with E-state index in [4.69, 9.17) is 4.74 Å². The molecular weight excluding hydrogens is 278 g/mol. The molecule has 0 unspecified atom stereocenters. The summed E-state index contributed by atoms with van der Waals surface area (Å²) in [5.41, 5.74) is 2.21. The van der Waals surface area contributed by atoms with E-state index in [9.17, 15) is 9.59 Å². The molecule has 0 saturated carbocycles. The van der Waals surface area contributed by atoms with Gasteiger partial charge in [0.15, 0.2) is 0 Å². The molecule has 7 heteroatoms. The standard InChI is InChI=1S/C13H17N3O3S/c1-19-6-12(17)15-2-9-4-16(5-10(9)3-15)13(18)11-7-20-8-14-11/h7-10H,2-6H2,1H3/t9-,10-/m0/s1. The van der Waals surface area contributed by atoms with Gasteiger partial charge in [-0.25, -0.2) is 4.98 Å². The molecule has 2 aliphatic heterocycles. The number of ether oxygens (including phenoxy) is 1. The summed E-state index contributed by atoms with van der Waals surface area (Å²) in [6.45, 7) is 3.04. The molecule has 2 saturated heterocycles. The summed E-state index contributed by atoms with van der Waals surface area (Å²) in [4.78, 5) is 31.8. The molecule has 0 radical (unpaired) electrons. The van der Waals surface area contributed by atoms with Gasteiger partial charge in [0.1, 0.15) is 12.3 Å². The maximum atomic E-state index is 12.2. The first-order valence-corrected chi connectivity index (χ1v) is 7.57. The van der Waals surface area contributed by atoms with E-state index in [0.29, 0.717) is 17.5 Å². The minimum Gasteiger partial charge on any atom is -0.375 e. The highest BCUT2D eigenvalue weighted by Crippen LogP contribution is 2.31. The van der Waals surface area contributed by atoms with Gasteiger partial charge < -0.3 is 14.5 Å². The number of methoxy groups -OCH3 is 1. The van der Waals surface area contributed by atoms with Crippen molar-refractivity contribution >= 4 is 23.2 Å². The van der Waals surface area contributed by atoms with Gasteiger partial charge in [-0.2, -0.15) is 0 Å². The normalized spacial score (nSPS) is 25.1. The van der Waals surface area contributed by atoms with Gasteiger partial charge in [-0.05, 0) is 0 Å². The van der Waals surface area contributed by atoms with Gasteiger partial charge in [-0.3, -0.25) is 9.59 Å². The van der Waals surface area contributed by atoms with E-state index in [1.54, 1.807) is 10.9 Å². The maximum absolute atomic E-state index is 12.2. The van der Waals surface area contributed by atoms with Gasteiger partial charge in [-0.15, -0.1) is 11.3 Å². The number of thiazole rings is 1. The van der Waals surface area contributed by atoms with Crippen molar-refractivity contribution in [3.05, 3.63) is 16.6 Å². The van der Waals surface area contributed by atoms with Crippen LogP contribution in [0.1, 0.15) is 10.5 Å². The fourth-order valence-electron chi connectivity index (χ4n) is 3.06. The lowest BCUT2D eigenvalue weighted by molar-refractivity contribution is -0.134. The summed E-state index contributed by atoms with van der Waals surface area (Å²) < 4.78 is 4.88. The fraction of sp³-hybridized carbons (Fsp3) is 0.615. The Kier molecular flexibility index (Phi) is 3.71. The third-order valence-corrected chi connectivity index (χ3v) is 4.63. The molecule has 1 aromatic heterocycles. The minimum absolute atomic E-state index is 0.00965. The summed E-state index contributed by atoms with van der Waals surface area (Å²) >= 11 is 1.43. The summed E-state index contributed by atoms with van der Waals surface area (Å²) in [5, 5.41) is 1.78. The zero-order valence-electron chi connectivity index (χ0n) is 11.3. The summed E-state index contributed by atoms with van der Waals surface area (Å²) in [6, 6.07) is 0. The van der Waals surface area contributed by atoms with Crippen LogP contribution >= 0.6 is 11.3 Å². The van der Waals surface area contributed by atoms with Crippen molar-refractivity contribution in [3.63, 3.8) is 0 Å². The number of carbonyl (C=O) groups excluding carboxylic acids is 2. The number of likely N-dealkylation sites (tertiary alicyclic amines) is 2. The molecule has 3 heterocycles. The van der Waals surface area contributed by atoms with Crippen LogP contribution in [0.15, 0.2) is 10.9 Å². The van der Waals surface area contributed by atoms with Crippen molar-refractivity contribution in [1.82, 2.24) is 14.8 Å². The van der Waals surface area contributed by atoms with Crippen molar-refractivity contribution in [2.45, 2.75) is 0 Å². The predicted octanol–water partition coefficient (Wildman–Crippen LogP) is 0.320. The molecule has 2 aliphatic rings. The number of nitrogens with zero attached hydrogens (tertiary/aromatic N) is 3. The smallest absolute Gasteiger partial charge is 0.273 e. The third kappa shape index (κ3) is 2.43. The molecule has 0 aliphatic carbocycles. The van der Waals surface area contributed by atoms with Gasteiger partial charge >= 0.3 is 0 Å². The first-order chi connectivity index (χ1) is 9.69. The fourth-order valence-corrected chi connectivity index (χ4v) is 3.58. The Morgan fingerprint density at radius 2 is 1.95 bits per heavy atom. The van der Waals surface area contributed by atoms with Crippen LogP contribution in [-0.2, 0) is 9.53 Å². The Balaban J connectivity index is 1.58. The topological polar surface area (TPSA) is 62.7 Å². The molecule has 20 heavy (non-hydrogen) atoms. The SMILES string of the molecule is COCC(=O)N1C[C@H]2CN(C(=O)c3cscn3)C[C@@H]2C1. The van der Waals surface area contributed by atoms with E-state index >= 15 is 0 Å². The number of carbonyl (C=O) groups is 2. The van der Waals surface area contributed by atoms with Crippen LogP contribution in [-0.4, -0.2) is 66.5 Å². The number of hydrogen-bond acceptors (Lipinski definition) is 5. The largest absolute Gasteiger partial charge is 0.375 e. The predicted molar refractivity (Wildman–Crippen MR) is 73.5 cm³/mol. The van der Waals surface area contributed by atoms with Crippen LogP contribution in [0.3, 0.4) is 0 Å². The average molecular weight is 295 g/mol. The second kappa shape index (κ2) is 5.49. The highest BCUT2D eigenvalue weighted by atomic mass is 32.1. The molecular formula is C13H17N3O3S. The molecule has 0 aromatic carbocycles. The Labute approximate surface area is 121 Å². The third-order valence-electron chi connectivity index (χ3n) is 4.05. The summed E-state index contributed by atoms with van der Waals surface area (Å²) in [7, 11) is 1.53. The lowest BCUT2D eigenvalue weighted by Crippen LogP contribution is -2.37. The number of fused-ring (bicyclic) bond motifs is 1. The molecule has 3 rings (SSSR count). The van der Waals surface area contributed by atoms with E-state index in [1.165, 1.54) is 18.4 Å². The van der Waals surface area contributed by atoms with Crippen molar-refractivity contribution in [3.8, 4) is 0 Å². The van der Waals surface area contributed by atoms with Crippen molar-refractivity contribution < 1.29 is 14.3 Å². The molecule has 1 aromatic rings. The van der Waals surface area contributed by atoms with Gasteiger partial charge in [0.2, 0.25) is 5.91 Å². The molecule has 0 spiro atoms. The molecule has 6 nitrogen and oxygen atoms in total. The van der Waals surface area contributed by atoms with Crippen molar-refractivity contribution in [2.75, 3.05) is 39.9 Å². The lowest BCUT2D eigenvalue weighted by Gasteiger charge is -2.21. The van der Waals surface area contributed by atoms with Gasteiger partial charge in [0.25, 0.3) is 5.91 Å². The Hall–Kier alpha value is -1.47. The Morgan fingerprint density at radius 3 is 2.50 bits per heavy atom. The van der Waals surface area contributed by atoms with Gasteiger partial charge in [0, 0.05) is 50.5 Å². The number of rotatable bonds is 3. The van der Waals surface area contributed by atoms with E-state index in [0.717, 1.165) is 26.2 Å². The molecule has 0 bridgehead atoms. The van der Waals surface area contributed by atoms with E-state index in [-0.39, 0.29) is 18.4 Å². The second-order valence-corrected chi connectivity index (χ2v) is 6.05. The van der Waals surface area contributed by atoms with Crippen LogP contribution in [0, 0.1) is 11.8 Å². The average Bonchev–Trinajstić information content (AvgIpc) is 3.13. The molecule has 108 valence electrons. The highest BCUT2D eigenvalue weighted by molar-refractivity contribution is 7.07. The quantitative estimate of drug-likeness (QED) is 0.805. The highest BCUT2D eigenvalue weighted by Gasteiger charge is 2.43. The van der Waals surface area contributed by atoms with E-state index < -0.39 is 0 Å². The van der Waals surface area contributed by atoms with E-state index in [1.807, 2.05) is 9.80 Å². The Morgan fingerprint density at radius 1 is 1.30 bits per heavy atom. The molecule has 2 fully saturated rings. The summed E-state index contributed by atoms with van der Waals surface area (Å²) in [5.74, 6) is 0.825. The van der Waals surface area contributed by atoms with Gasteiger partial charge in [0.05, 0.1) is 5.51 Å². The molecule has 2 atom stereocenters. The van der Waals surface area contributed by atoms with Crippen LogP contribution < -0.4 is 0 Å². The summed E-state index contributed by atoms with van der Waals surface area (Å²) in [6.07, 6.45) is 0. The molecule has 2 amide bonds. The van der Waals surface area contributed by atoms with Crippen molar-refractivity contribution in [1.29, 1.82) is 0 Å². The lowest BCUT2D eigenvalue weighted by atomic mass is 10.0. The maximum Gasteiger partial charge on any atom is 0.273 e. The second-order valence-electron chi connectivity index (χ2n) is 5.34. The number of aromatic nitrogens is 1. The molecule has 0 N–H and O–H groups in total. The van der Waals surface area contributed by atoms with Crippen molar-refractivity contribution in [2.24, 2.45) is 11.8 Å². The number of hydrogen-bond donors (Lipinski definition) is 0. The van der Waals surface area contributed by atoms with Crippen LogP contribution in [0.5, 0.6) is 0 Å². The van der Waals surface area contributed by atoms with Gasteiger partial charge in [-0.1, -0.05) is 0 Å². The number of amides is 2. The van der Waals surface area contributed by atoms with Crippen LogP contribution in [0.4, 0.5) is 0 Å².